The number of halogens is 3. The fourth-order valence-electron chi connectivity index (χ4n) is 1.98. The molecule has 114 valence electrons. The second kappa shape index (κ2) is 6.73. The number of rotatable bonds is 6. The maximum atomic E-state index is 13.3. The predicted molar refractivity (Wildman–Crippen MR) is 72.1 cm³/mol. The molecular formula is C14H16F3N3O. The van der Waals surface area contributed by atoms with Crippen LogP contribution in [0.4, 0.5) is 13.2 Å². The van der Waals surface area contributed by atoms with E-state index in [9.17, 15) is 13.2 Å². The van der Waals surface area contributed by atoms with E-state index in [1.54, 1.807) is 30.3 Å². The van der Waals surface area contributed by atoms with Crippen LogP contribution in [0.1, 0.15) is 11.3 Å². The summed E-state index contributed by atoms with van der Waals surface area (Å²) in [4.78, 5) is 0. The summed E-state index contributed by atoms with van der Waals surface area (Å²) in [5.74, 6) is 0. The number of aromatic nitrogens is 2. The van der Waals surface area contributed by atoms with Crippen molar-refractivity contribution in [3.63, 3.8) is 0 Å². The normalized spacial score (nSPS) is 11.8. The monoisotopic (exact) mass is 299 g/mol. The summed E-state index contributed by atoms with van der Waals surface area (Å²) in [5, 5.41) is 6.78. The molecule has 21 heavy (non-hydrogen) atoms. The van der Waals surface area contributed by atoms with Gasteiger partial charge in [-0.2, -0.15) is 18.3 Å². The Kier molecular flexibility index (Phi) is 4.98. The number of methoxy groups -OCH3 is 1. The van der Waals surface area contributed by atoms with Crippen molar-refractivity contribution in [3.05, 3.63) is 47.8 Å². The molecule has 2 aromatic rings. The lowest BCUT2D eigenvalue weighted by Crippen LogP contribution is -2.22. The third-order valence-corrected chi connectivity index (χ3v) is 2.91. The molecule has 1 heterocycles. The lowest BCUT2D eigenvalue weighted by atomic mass is 10.2. The van der Waals surface area contributed by atoms with Gasteiger partial charge in [-0.1, -0.05) is 18.2 Å². The van der Waals surface area contributed by atoms with Crippen LogP contribution < -0.4 is 5.32 Å². The zero-order valence-corrected chi connectivity index (χ0v) is 11.5. The third-order valence-electron chi connectivity index (χ3n) is 2.91. The maximum absolute atomic E-state index is 13.3. The van der Waals surface area contributed by atoms with Crippen LogP contribution in [0.2, 0.25) is 0 Å². The van der Waals surface area contributed by atoms with E-state index < -0.39 is 11.9 Å². The summed E-state index contributed by atoms with van der Waals surface area (Å²) in [6.45, 7) is 1.00. The van der Waals surface area contributed by atoms with Crippen molar-refractivity contribution < 1.29 is 17.9 Å². The minimum atomic E-state index is -4.47. The van der Waals surface area contributed by atoms with E-state index in [0.29, 0.717) is 18.8 Å². The SMILES string of the molecule is COCCNCc1cnn(-c2ccccc2)c1C(F)(F)F. The molecule has 0 aliphatic carbocycles. The fourth-order valence-corrected chi connectivity index (χ4v) is 1.98. The quantitative estimate of drug-likeness (QED) is 0.833. The van der Waals surface area contributed by atoms with Crippen LogP contribution in [-0.4, -0.2) is 30.0 Å². The molecule has 0 aliphatic rings. The van der Waals surface area contributed by atoms with Crippen LogP contribution in [0.5, 0.6) is 0 Å². The molecule has 7 heteroatoms. The van der Waals surface area contributed by atoms with Crippen LogP contribution in [0.25, 0.3) is 5.69 Å². The number of benzene rings is 1. The first kappa shape index (κ1) is 15.5. The molecule has 1 aromatic heterocycles. The number of para-hydroxylation sites is 1. The summed E-state index contributed by atoms with van der Waals surface area (Å²) in [5.41, 5.74) is -0.256. The van der Waals surface area contributed by atoms with Gasteiger partial charge in [0.05, 0.1) is 18.5 Å². The number of nitrogens with zero attached hydrogens (tertiary/aromatic N) is 2. The smallest absolute Gasteiger partial charge is 0.383 e. The van der Waals surface area contributed by atoms with Gasteiger partial charge >= 0.3 is 6.18 Å². The highest BCUT2D eigenvalue weighted by Crippen LogP contribution is 2.33. The van der Waals surface area contributed by atoms with Crippen molar-refractivity contribution in [1.29, 1.82) is 0 Å². The molecule has 1 aromatic carbocycles. The molecule has 2 rings (SSSR count). The highest BCUT2D eigenvalue weighted by Gasteiger charge is 2.38. The van der Waals surface area contributed by atoms with Gasteiger partial charge < -0.3 is 10.1 Å². The molecule has 0 aliphatic heterocycles. The van der Waals surface area contributed by atoms with Gasteiger partial charge in [0.15, 0.2) is 5.69 Å². The molecule has 0 atom stereocenters. The molecule has 0 amide bonds. The highest BCUT2D eigenvalue weighted by molar-refractivity contribution is 5.36. The Hall–Kier alpha value is -1.86. The second-order valence-corrected chi connectivity index (χ2v) is 4.43. The van der Waals surface area contributed by atoms with Crippen LogP contribution in [0.15, 0.2) is 36.5 Å². The van der Waals surface area contributed by atoms with E-state index in [4.69, 9.17) is 4.74 Å². The van der Waals surface area contributed by atoms with Gasteiger partial charge in [-0.15, -0.1) is 0 Å². The summed E-state index contributed by atoms with van der Waals surface area (Å²) in [6, 6.07) is 8.27. The predicted octanol–water partition coefficient (Wildman–Crippen LogP) is 2.63. The summed E-state index contributed by atoms with van der Waals surface area (Å²) in [7, 11) is 1.54. The van der Waals surface area contributed by atoms with E-state index >= 15 is 0 Å². The van der Waals surface area contributed by atoms with Crippen molar-refractivity contribution in [1.82, 2.24) is 15.1 Å². The lowest BCUT2D eigenvalue weighted by molar-refractivity contribution is -0.143. The number of ether oxygens (including phenoxy) is 1. The van der Waals surface area contributed by atoms with Gasteiger partial charge in [0.1, 0.15) is 0 Å². The van der Waals surface area contributed by atoms with Crippen LogP contribution in [0, 0.1) is 0 Å². The first-order valence-electron chi connectivity index (χ1n) is 6.43. The molecule has 0 unspecified atom stereocenters. The Morgan fingerprint density at radius 1 is 1.24 bits per heavy atom. The fraction of sp³-hybridized carbons (Fsp3) is 0.357. The van der Waals surface area contributed by atoms with Crippen molar-refractivity contribution in [2.45, 2.75) is 12.7 Å². The first-order chi connectivity index (χ1) is 10.0. The van der Waals surface area contributed by atoms with Gasteiger partial charge in [-0.3, -0.25) is 0 Å². The Balaban J connectivity index is 2.28. The minimum absolute atomic E-state index is 0.0883. The zero-order valence-electron chi connectivity index (χ0n) is 11.5. The van der Waals surface area contributed by atoms with Crippen molar-refractivity contribution >= 4 is 0 Å². The average Bonchev–Trinajstić information content (AvgIpc) is 2.88. The molecular weight excluding hydrogens is 283 g/mol. The topological polar surface area (TPSA) is 39.1 Å². The largest absolute Gasteiger partial charge is 0.433 e. The van der Waals surface area contributed by atoms with E-state index in [1.807, 2.05) is 0 Å². The minimum Gasteiger partial charge on any atom is -0.383 e. The Bertz CT molecular complexity index is 567. The molecule has 0 spiro atoms. The molecule has 4 nitrogen and oxygen atoms in total. The van der Waals surface area contributed by atoms with E-state index in [-0.39, 0.29) is 12.1 Å². The Morgan fingerprint density at radius 2 is 1.95 bits per heavy atom. The number of nitrogens with one attached hydrogen (secondary N) is 1. The van der Waals surface area contributed by atoms with Gasteiger partial charge in [-0.05, 0) is 12.1 Å². The first-order valence-corrected chi connectivity index (χ1v) is 6.43. The lowest BCUT2D eigenvalue weighted by Gasteiger charge is -2.13. The summed E-state index contributed by atoms with van der Waals surface area (Å²) in [6.07, 6.45) is -3.22. The zero-order chi connectivity index (χ0) is 15.3. The molecule has 0 radical (unpaired) electrons. The molecule has 0 saturated heterocycles. The van der Waals surface area contributed by atoms with Crippen molar-refractivity contribution in [3.8, 4) is 5.69 Å². The Morgan fingerprint density at radius 3 is 2.57 bits per heavy atom. The van der Waals surface area contributed by atoms with Gasteiger partial charge in [0.2, 0.25) is 0 Å². The van der Waals surface area contributed by atoms with Crippen molar-refractivity contribution in [2.24, 2.45) is 0 Å². The molecule has 0 bridgehead atoms. The van der Waals surface area contributed by atoms with E-state index in [1.165, 1.54) is 13.3 Å². The van der Waals surface area contributed by atoms with Gasteiger partial charge in [0.25, 0.3) is 0 Å². The molecule has 0 saturated carbocycles. The van der Waals surface area contributed by atoms with E-state index in [0.717, 1.165) is 4.68 Å². The third kappa shape index (κ3) is 3.83. The molecule has 0 fully saturated rings. The maximum Gasteiger partial charge on any atom is 0.433 e. The summed E-state index contributed by atoms with van der Waals surface area (Å²) < 4.78 is 45.6. The summed E-state index contributed by atoms with van der Waals surface area (Å²) >= 11 is 0. The van der Waals surface area contributed by atoms with Gasteiger partial charge in [0, 0.05) is 25.8 Å². The highest BCUT2D eigenvalue weighted by atomic mass is 19.4. The molecule has 1 N–H and O–H groups in total. The number of alkyl halides is 3. The number of hydrogen-bond acceptors (Lipinski definition) is 3. The van der Waals surface area contributed by atoms with E-state index in [2.05, 4.69) is 10.4 Å². The second-order valence-electron chi connectivity index (χ2n) is 4.43. The number of hydrogen-bond donors (Lipinski definition) is 1. The van der Waals surface area contributed by atoms with Crippen molar-refractivity contribution in [2.75, 3.05) is 20.3 Å². The van der Waals surface area contributed by atoms with Gasteiger partial charge in [-0.25, -0.2) is 4.68 Å². The Labute approximate surface area is 120 Å². The van der Waals surface area contributed by atoms with Crippen LogP contribution in [-0.2, 0) is 17.5 Å². The average molecular weight is 299 g/mol. The van der Waals surface area contributed by atoms with Crippen LogP contribution in [0.3, 0.4) is 0 Å². The standard InChI is InChI=1S/C14H16F3N3O/c1-21-8-7-18-9-11-10-19-20(13(11)14(15,16)17)12-5-3-2-4-6-12/h2-6,10,18H,7-9H2,1H3. The van der Waals surface area contributed by atoms with Crippen LogP contribution >= 0.6 is 0 Å².